The number of phenolic OH excluding ortho intramolecular Hbond substituents is 1. The highest BCUT2D eigenvalue weighted by atomic mass is 19.1. The predicted octanol–water partition coefficient (Wildman–Crippen LogP) is 3.91. The highest BCUT2D eigenvalue weighted by molar-refractivity contribution is 5.85. The number of aryl methyl sites for hydroxylation is 1. The van der Waals surface area contributed by atoms with Crippen molar-refractivity contribution < 1.29 is 13.9 Å². The normalized spacial score (nSPS) is 21.6. The zero-order valence-corrected chi connectivity index (χ0v) is 18.9. The van der Waals surface area contributed by atoms with Gasteiger partial charge in [0.1, 0.15) is 23.3 Å². The number of rotatable bonds is 4. The van der Waals surface area contributed by atoms with Crippen molar-refractivity contribution in [3.63, 3.8) is 0 Å². The summed E-state index contributed by atoms with van der Waals surface area (Å²) in [5.74, 6) is 0.983. The van der Waals surface area contributed by atoms with Gasteiger partial charge in [0.15, 0.2) is 11.2 Å². The first-order valence-corrected chi connectivity index (χ1v) is 10.9. The fourth-order valence-corrected chi connectivity index (χ4v) is 4.50. The first-order valence-electron chi connectivity index (χ1n) is 10.9. The number of benzene rings is 1. The van der Waals surface area contributed by atoms with Crippen molar-refractivity contribution in [1.82, 2.24) is 15.1 Å². The number of phenols is 1. The van der Waals surface area contributed by atoms with Crippen molar-refractivity contribution in [2.24, 2.45) is 0 Å². The summed E-state index contributed by atoms with van der Waals surface area (Å²) in [5.41, 5.74) is 1.01. The summed E-state index contributed by atoms with van der Waals surface area (Å²) in [6.07, 6.45) is 2.19. The molecular weight excluding hydrogens is 411 g/mol. The lowest BCUT2D eigenvalue weighted by Crippen LogP contribution is -2.43. The number of nitrogens with zero attached hydrogens (tertiary/aromatic N) is 4. The summed E-state index contributed by atoms with van der Waals surface area (Å²) in [7, 11) is 5.92. The Hall–Kier alpha value is -3.00. The zero-order chi connectivity index (χ0) is 23.0. The van der Waals surface area contributed by atoms with Crippen LogP contribution < -0.4 is 10.3 Å². The van der Waals surface area contributed by atoms with E-state index in [1.807, 2.05) is 26.0 Å². The van der Waals surface area contributed by atoms with Crippen LogP contribution in [-0.4, -0.2) is 59.6 Å². The fraction of sp³-hybridized carbons (Fsp3) is 0.458. The summed E-state index contributed by atoms with van der Waals surface area (Å²) in [6.45, 7) is 1.70. The standard InChI is InChI=1S/C24H29FN4O3/c1-14-10-21(30)17-12-22(31)16(13-23(17)32-14)19-8-9-24(27-26-19)29(4)20-11-15(28(2)3)6-5-7-18(20)25/h8-10,12-13,15,18,20,31H,5-7,11H2,1-4H3/t15?,18-,20+/m1/s1. The predicted molar refractivity (Wildman–Crippen MR) is 123 cm³/mol. The number of hydrogen-bond acceptors (Lipinski definition) is 7. The van der Waals surface area contributed by atoms with Gasteiger partial charge in [0, 0.05) is 24.7 Å². The number of halogens is 1. The van der Waals surface area contributed by atoms with Gasteiger partial charge in [-0.05, 0) is 71.0 Å². The van der Waals surface area contributed by atoms with Gasteiger partial charge in [0.25, 0.3) is 0 Å². The Kier molecular flexibility index (Phi) is 6.15. The average molecular weight is 441 g/mol. The second-order valence-corrected chi connectivity index (χ2v) is 8.84. The maximum Gasteiger partial charge on any atom is 0.193 e. The van der Waals surface area contributed by atoms with Gasteiger partial charge < -0.3 is 19.3 Å². The highest BCUT2D eigenvalue weighted by Gasteiger charge is 2.32. The molecule has 0 radical (unpaired) electrons. The SMILES string of the molecule is Cc1cc(=O)c2cc(O)c(-c3ccc(N(C)[C@H]4CC(N(C)C)CCC[C@H]4F)nn3)cc2o1. The molecular formula is C24H29FN4O3. The minimum absolute atomic E-state index is 0.0783. The molecule has 2 aromatic heterocycles. The zero-order valence-electron chi connectivity index (χ0n) is 18.9. The van der Waals surface area contributed by atoms with E-state index in [0.717, 1.165) is 19.3 Å². The van der Waals surface area contributed by atoms with E-state index in [1.54, 1.807) is 25.1 Å². The Labute approximate surface area is 186 Å². The molecule has 1 aliphatic carbocycles. The van der Waals surface area contributed by atoms with Crippen LogP contribution >= 0.6 is 0 Å². The van der Waals surface area contributed by atoms with E-state index in [9.17, 15) is 14.3 Å². The molecule has 4 rings (SSSR count). The molecule has 0 aliphatic heterocycles. The molecule has 8 heteroatoms. The van der Waals surface area contributed by atoms with Crippen LogP contribution in [0, 0.1) is 6.92 Å². The lowest BCUT2D eigenvalue weighted by atomic mass is 10.0. The highest BCUT2D eigenvalue weighted by Crippen LogP contribution is 2.33. The maximum absolute atomic E-state index is 14.9. The Morgan fingerprint density at radius 2 is 1.91 bits per heavy atom. The van der Waals surface area contributed by atoms with Gasteiger partial charge in [-0.3, -0.25) is 4.79 Å². The molecule has 32 heavy (non-hydrogen) atoms. The topological polar surface area (TPSA) is 82.7 Å². The van der Waals surface area contributed by atoms with Gasteiger partial charge in [-0.2, -0.15) is 0 Å². The molecule has 1 aromatic carbocycles. The first-order chi connectivity index (χ1) is 15.2. The molecule has 1 fully saturated rings. The summed E-state index contributed by atoms with van der Waals surface area (Å²) in [6, 6.07) is 7.93. The molecule has 1 saturated carbocycles. The van der Waals surface area contributed by atoms with Crippen molar-refractivity contribution in [2.45, 2.75) is 50.9 Å². The van der Waals surface area contributed by atoms with E-state index in [4.69, 9.17) is 4.42 Å². The number of alkyl halides is 1. The molecule has 2 heterocycles. The Bertz CT molecular complexity index is 1160. The van der Waals surface area contributed by atoms with E-state index in [-0.39, 0.29) is 17.2 Å². The van der Waals surface area contributed by atoms with Crippen molar-refractivity contribution in [3.05, 3.63) is 46.3 Å². The average Bonchev–Trinajstić information content (AvgIpc) is 2.95. The summed E-state index contributed by atoms with van der Waals surface area (Å²) in [4.78, 5) is 16.2. The van der Waals surface area contributed by atoms with Crippen LogP contribution in [0.3, 0.4) is 0 Å². The van der Waals surface area contributed by atoms with Crippen molar-refractivity contribution >= 4 is 16.8 Å². The van der Waals surface area contributed by atoms with Crippen LogP contribution in [0.5, 0.6) is 5.75 Å². The lowest BCUT2D eigenvalue weighted by Gasteiger charge is -2.33. The van der Waals surface area contributed by atoms with Gasteiger partial charge in [-0.1, -0.05) is 0 Å². The minimum atomic E-state index is -0.929. The number of fused-ring (bicyclic) bond motifs is 1. The van der Waals surface area contributed by atoms with Gasteiger partial charge in [0.05, 0.1) is 17.1 Å². The van der Waals surface area contributed by atoms with Gasteiger partial charge in [-0.15, -0.1) is 10.2 Å². The van der Waals surface area contributed by atoms with E-state index in [2.05, 4.69) is 15.1 Å². The molecule has 1 N–H and O–H groups in total. The van der Waals surface area contributed by atoms with Crippen molar-refractivity contribution in [3.8, 4) is 17.0 Å². The first kappa shape index (κ1) is 22.2. The molecule has 3 aromatic rings. The van der Waals surface area contributed by atoms with Crippen LogP contribution in [0.4, 0.5) is 10.2 Å². The van der Waals surface area contributed by atoms with Crippen molar-refractivity contribution in [2.75, 3.05) is 26.0 Å². The van der Waals surface area contributed by atoms with Crippen molar-refractivity contribution in [1.29, 1.82) is 0 Å². The number of anilines is 1. The Balaban J connectivity index is 1.63. The van der Waals surface area contributed by atoms with Crippen LogP contribution in [0.25, 0.3) is 22.2 Å². The van der Waals surface area contributed by atoms with Crippen LogP contribution in [0.15, 0.2) is 39.5 Å². The Morgan fingerprint density at radius 3 is 2.59 bits per heavy atom. The number of aromatic hydroxyl groups is 1. The summed E-state index contributed by atoms with van der Waals surface area (Å²) >= 11 is 0. The number of hydrogen-bond donors (Lipinski definition) is 1. The lowest BCUT2D eigenvalue weighted by molar-refractivity contribution is 0.226. The van der Waals surface area contributed by atoms with Crippen LogP contribution in [0.2, 0.25) is 0 Å². The minimum Gasteiger partial charge on any atom is -0.507 e. The summed E-state index contributed by atoms with van der Waals surface area (Å²) < 4.78 is 20.6. The van der Waals surface area contributed by atoms with E-state index in [1.165, 1.54) is 12.1 Å². The molecule has 0 spiro atoms. The molecule has 0 amide bonds. The molecule has 7 nitrogen and oxygen atoms in total. The molecule has 1 unspecified atom stereocenters. The molecule has 170 valence electrons. The second kappa shape index (κ2) is 8.86. The second-order valence-electron chi connectivity index (χ2n) is 8.84. The van der Waals surface area contributed by atoms with E-state index >= 15 is 0 Å². The molecule has 0 saturated heterocycles. The smallest absolute Gasteiger partial charge is 0.193 e. The largest absolute Gasteiger partial charge is 0.507 e. The van der Waals surface area contributed by atoms with E-state index in [0.29, 0.717) is 46.3 Å². The Morgan fingerprint density at radius 1 is 1.12 bits per heavy atom. The third-order valence-corrected chi connectivity index (χ3v) is 6.43. The number of aromatic nitrogens is 2. The molecule has 3 atom stereocenters. The third-order valence-electron chi connectivity index (χ3n) is 6.43. The monoisotopic (exact) mass is 440 g/mol. The van der Waals surface area contributed by atoms with E-state index < -0.39 is 6.17 Å². The van der Waals surface area contributed by atoms with Gasteiger partial charge in [0.2, 0.25) is 0 Å². The fourth-order valence-electron chi connectivity index (χ4n) is 4.50. The van der Waals surface area contributed by atoms with Crippen LogP contribution in [-0.2, 0) is 0 Å². The summed E-state index contributed by atoms with van der Waals surface area (Å²) in [5, 5.41) is 19.4. The van der Waals surface area contributed by atoms with Gasteiger partial charge >= 0.3 is 0 Å². The molecule has 1 aliphatic rings. The van der Waals surface area contributed by atoms with Gasteiger partial charge in [-0.25, -0.2) is 4.39 Å². The quantitative estimate of drug-likeness (QED) is 0.616. The third kappa shape index (κ3) is 4.32. The van der Waals surface area contributed by atoms with Crippen LogP contribution in [0.1, 0.15) is 31.4 Å². The molecule has 0 bridgehead atoms. The maximum atomic E-state index is 14.9.